The molecule has 0 aliphatic rings. The van der Waals surface area contributed by atoms with Crippen molar-refractivity contribution >= 4 is 11.7 Å². The first-order valence-electron chi connectivity index (χ1n) is 8.40. The molecule has 1 N–H and O–H groups in total. The van der Waals surface area contributed by atoms with E-state index in [2.05, 4.69) is 28.3 Å². The molecule has 132 valence electrons. The molecule has 1 amide bonds. The van der Waals surface area contributed by atoms with Gasteiger partial charge >= 0.3 is 0 Å². The van der Waals surface area contributed by atoms with Gasteiger partial charge in [0.1, 0.15) is 12.4 Å². The SMILES string of the molecule is Cc1cc(OCc2ccccc2C)cc(C(=O)Nc2cncc(C)n2)c1. The fraction of sp³-hybridized carbons (Fsp3) is 0.190. The molecule has 26 heavy (non-hydrogen) atoms. The third kappa shape index (κ3) is 4.45. The topological polar surface area (TPSA) is 64.1 Å². The average Bonchev–Trinajstić information content (AvgIpc) is 2.60. The Hall–Kier alpha value is -3.21. The van der Waals surface area contributed by atoms with Crippen LogP contribution < -0.4 is 10.1 Å². The molecule has 0 aliphatic heterocycles. The summed E-state index contributed by atoms with van der Waals surface area (Å²) in [5.74, 6) is 0.849. The number of nitrogens with one attached hydrogen (secondary N) is 1. The van der Waals surface area contributed by atoms with E-state index in [0.717, 1.165) is 16.8 Å². The van der Waals surface area contributed by atoms with Gasteiger partial charge in [0.15, 0.2) is 5.82 Å². The number of hydrogen-bond acceptors (Lipinski definition) is 4. The van der Waals surface area contributed by atoms with E-state index < -0.39 is 0 Å². The van der Waals surface area contributed by atoms with Crippen molar-refractivity contribution in [2.75, 3.05) is 5.32 Å². The van der Waals surface area contributed by atoms with E-state index in [1.807, 2.05) is 44.2 Å². The minimum atomic E-state index is -0.241. The number of amides is 1. The molecule has 5 nitrogen and oxygen atoms in total. The van der Waals surface area contributed by atoms with Crippen LogP contribution in [0.4, 0.5) is 5.82 Å². The van der Waals surface area contributed by atoms with Crippen LogP contribution in [0.5, 0.6) is 5.75 Å². The van der Waals surface area contributed by atoms with Crippen molar-refractivity contribution in [1.82, 2.24) is 9.97 Å². The molecule has 0 spiro atoms. The molecular weight excluding hydrogens is 326 g/mol. The minimum absolute atomic E-state index is 0.241. The summed E-state index contributed by atoms with van der Waals surface area (Å²) < 4.78 is 5.91. The highest BCUT2D eigenvalue weighted by Crippen LogP contribution is 2.20. The highest BCUT2D eigenvalue weighted by Gasteiger charge is 2.10. The minimum Gasteiger partial charge on any atom is -0.489 e. The van der Waals surface area contributed by atoms with Crippen molar-refractivity contribution in [3.8, 4) is 5.75 Å². The summed E-state index contributed by atoms with van der Waals surface area (Å²) in [6, 6.07) is 13.6. The number of carbonyl (C=O) groups is 1. The number of nitrogens with zero attached hydrogens (tertiary/aromatic N) is 2. The van der Waals surface area contributed by atoms with E-state index >= 15 is 0 Å². The van der Waals surface area contributed by atoms with E-state index in [9.17, 15) is 4.79 Å². The standard InChI is InChI=1S/C21H21N3O2/c1-14-8-18(21(25)24-20-12-22-11-16(3)23-20)10-19(9-14)26-13-17-7-5-4-6-15(17)2/h4-12H,13H2,1-3H3,(H,23,24,25). The molecule has 5 heteroatoms. The molecule has 0 fully saturated rings. The van der Waals surface area contributed by atoms with E-state index in [4.69, 9.17) is 4.74 Å². The lowest BCUT2D eigenvalue weighted by Crippen LogP contribution is -2.14. The summed E-state index contributed by atoms with van der Waals surface area (Å²) >= 11 is 0. The maximum absolute atomic E-state index is 12.5. The third-order valence-corrected chi connectivity index (χ3v) is 3.97. The molecule has 0 saturated carbocycles. The van der Waals surface area contributed by atoms with E-state index in [-0.39, 0.29) is 5.91 Å². The molecule has 0 bridgehead atoms. The molecule has 0 atom stereocenters. The normalized spacial score (nSPS) is 10.4. The molecule has 0 aliphatic carbocycles. The fourth-order valence-corrected chi connectivity index (χ4v) is 2.61. The number of carbonyl (C=O) groups excluding carboxylic acids is 1. The summed E-state index contributed by atoms with van der Waals surface area (Å²) in [5, 5.41) is 2.77. The zero-order valence-electron chi connectivity index (χ0n) is 15.1. The Morgan fingerprint density at radius 3 is 2.65 bits per heavy atom. The number of ether oxygens (including phenoxy) is 1. The molecule has 3 rings (SSSR count). The van der Waals surface area contributed by atoms with Crippen molar-refractivity contribution < 1.29 is 9.53 Å². The van der Waals surface area contributed by atoms with Crippen molar-refractivity contribution in [3.05, 3.63) is 82.8 Å². The summed E-state index contributed by atoms with van der Waals surface area (Å²) in [5.41, 5.74) is 4.52. The van der Waals surface area contributed by atoms with Crippen LogP contribution >= 0.6 is 0 Å². The molecule has 0 radical (unpaired) electrons. The van der Waals surface area contributed by atoms with Gasteiger partial charge in [0.25, 0.3) is 5.91 Å². The second-order valence-corrected chi connectivity index (χ2v) is 6.25. The Kier molecular flexibility index (Phi) is 5.27. The van der Waals surface area contributed by atoms with Crippen LogP contribution in [0.3, 0.4) is 0 Å². The Bertz CT molecular complexity index is 938. The third-order valence-electron chi connectivity index (χ3n) is 3.97. The lowest BCUT2D eigenvalue weighted by atomic mass is 10.1. The number of rotatable bonds is 5. The van der Waals surface area contributed by atoms with Crippen LogP contribution in [0.1, 0.15) is 32.7 Å². The van der Waals surface area contributed by atoms with Crippen LogP contribution in [-0.2, 0) is 6.61 Å². The van der Waals surface area contributed by atoms with Crippen LogP contribution in [0.25, 0.3) is 0 Å². The predicted molar refractivity (Wildman–Crippen MR) is 101 cm³/mol. The number of benzene rings is 2. The molecule has 2 aromatic carbocycles. The van der Waals surface area contributed by atoms with Crippen molar-refractivity contribution in [2.45, 2.75) is 27.4 Å². The monoisotopic (exact) mass is 347 g/mol. The van der Waals surface area contributed by atoms with Crippen LogP contribution in [0, 0.1) is 20.8 Å². The fourth-order valence-electron chi connectivity index (χ4n) is 2.61. The Balaban J connectivity index is 1.74. The number of aryl methyl sites for hydroxylation is 3. The zero-order chi connectivity index (χ0) is 18.5. The van der Waals surface area contributed by atoms with Crippen LogP contribution in [0.15, 0.2) is 54.9 Å². The molecular formula is C21H21N3O2. The van der Waals surface area contributed by atoms with Gasteiger partial charge in [-0.15, -0.1) is 0 Å². The molecule has 1 heterocycles. The van der Waals surface area contributed by atoms with Gasteiger partial charge < -0.3 is 10.1 Å². The van der Waals surface area contributed by atoms with Crippen molar-refractivity contribution in [1.29, 1.82) is 0 Å². The van der Waals surface area contributed by atoms with Crippen molar-refractivity contribution in [2.24, 2.45) is 0 Å². The number of anilines is 1. The Morgan fingerprint density at radius 2 is 1.88 bits per heavy atom. The number of hydrogen-bond donors (Lipinski definition) is 1. The van der Waals surface area contributed by atoms with Crippen LogP contribution in [-0.4, -0.2) is 15.9 Å². The molecule has 0 unspecified atom stereocenters. The molecule has 1 aromatic heterocycles. The lowest BCUT2D eigenvalue weighted by molar-refractivity contribution is 0.102. The van der Waals surface area contributed by atoms with Crippen LogP contribution in [0.2, 0.25) is 0 Å². The quantitative estimate of drug-likeness (QED) is 0.750. The van der Waals surface area contributed by atoms with Crippen molar-refractivity contribution in [3.63, 3.8) is 0 Å². The summed E-state index contributed by atoms with van der Waals surface area (Å²) in [6.07, 6.45) is 3.16. The molecule has 3 aromatic rings. The number of aromatic nitrogens is 2. The zero-order valence-corrected chi connectivity index (χ0v) is 15.1. The first kappa shape index (κ1) is 17.6. The molecule has 0 saturated heterocycles. The summed E-state index contributed by atoms with van der Waals surface area (Å²) in [6.45, 7) is 6.27. The first-order chi connectivity index (χ1) is 12.5. The van der Waals surface area contributed by atoms with Gasteiger partial charge in [-0.2, -0.15) is 0 Å². The van der Waals surface area contributed by atoms with Gasteiger partial charge in [0.2, 0.25) is 0 Å². The van der Waals surface area contributed by atoms with Gasteiger partial charge in [-0.05, 0) is 55.7 Å². The average molecular weight is 347 g/mol. The van der Waals surface area contributed by atoms with E-state index in [1.54, 1.807) is 12.3 Å². The maximum Gasteiger partial charge on any atom is 0.257 e. The van der Waals surface area contributed by atoms with Gasteiger partial charge in [-0.25, -0.2) is 4.98 Å². The predicted octanol–water partition coefficient (Wildman–Crippen LogP) is 4.23. The second kappa shape index (κ2) is 7.78. The summed E-state index contributed by atoms with van der Waals surface area (Å²) in [4.78, 5) is 20.8. The first-order valence-corrected chi connectivity index (χ1v) is 8.40. The van der Waals surface area contributed by atoms with Gasteiger partial charge in [-0.3, -0.25) is 9.78 Å². The van der Waals surface area contributed by atoms with E-state index in [1.165, 1.54) is 11.8 Å². The highest BCUT2D eigenvalue weighted by atomic mass is 16.5. The van der Waals surface area contributed by atoms with Gasteiger partial charge in [-0.1, -0.05) is 24.3 Å². The lowest BCUT2D eigenvalue weighted by Gasteiger charge is -2.11. The largest absolute Gasteiger partial charge is 0.489 e. The van der Waals surface area contributed by atoms with Gasteiger partial charge in [0.05, 0.1) is 11.9 Å². The smallest absolute Gasteiger partial charge is 0.257 e. The van der Waals surface area contributed by atoms with Gasteiger partial charge in [0, 0.05) is 11.8 Å². The summed E-state index contributed by atoms with van der Waals surface area (Å²) in [7, 11) is 0. The highest BCUT2D eigenvalue weighted by molar-refractivity contribution is 6.04. The van der Waals surface area contributed by atoms with E-state index in [0.29, 0.717) is 23.7 Å². The Morgan fingerprint density at radius 1 is 1.08 bits per heavy atom. The maximum atomic E-state index is 12.5. The Labute approximate surface area is 153 Å². The second-order valence-electron chi connectivity index (χ2n) is 6.25.